The van der Waals surface area contributed by atoms with E-state index in [-0.39, 0.29) is 0 Å². The molecule has 0 N–H and O–H groups in total. The highest BCUT2D eigenvalue weighted by atomic mass is 32.1. The molecule has 0 unspecified atom stereocenters. The highest BCUT2D eigenvalue weighted by Crippen LogP contribution is 2.11. The molecule has 14 heavy (non-hydrogen) atoms. The maximum Gasteiger partial charge on any atom is 0.158 e. The van der Waals surface area contributed by atoms with Gasteiger partial charge in [0.2, 0.25) is 0 Å². The molecule has 0 saturated heterocycles. The highest BCUT2D eigenvalue weighted by Gasteiger charge is 2.06. The number of ketones is 1. The lowest BCUT2D eigenvalue weighted by atomic mass is 10.0. The van der Waals surface area contributed by atoms with Crippen LogP contribution in [0.5, 0.6) is 0 Å². The summed E-state index contributed by atoms with van der Waals surface area (Å²) in [5, 5.41) is 4.16. The first-order chi connectivity index (χ1) is 6.77. The summed E-state index contributed by atoms with van der Waals surface area (Å²) in [7, 11) is 0. The fourth-order valence-electron chi connectivity index (χ4n) is 1.42. The summed E-state index contributed by atoms with van der Waals surface area (Å²) >= 11 is 1.69. The Kier molecular flexibility index (Phi) is 4.60. The van der Waals surface area contributed by atoms with E-state index in [4.69, 9.17) is 0 Å². The third-order valence-corrected chi connectivity index (χ3v) is 3.04. The van der Waals surface area contributed by atoms with E-state index in [2.05, 4.69) is 16.8 Å². The number of allylic oxidation sites excluding steroid dienone is 2. The Balaban J connectivity index is 2.42. The van der Waals surface area contributed by atoms with Gasteiger partial charge in [0.15, 0.2) is 5.78 Å². The van der Waals surface area contributed by atoms with Crippen LogP contribution in [0, 0.1) is 0 Å². The lowest BCUT2D eigenvalue weighted by Crippen LogP contribution is -2.02. The summed E-state index contributed by atoms with van der Waals surface area (Å²) in [6, 6.07) is 2.08. The molecule has 2 heteroatoms. The first kappa shape index (κ1) is 11.2. The zero-order valence-electron chi connectivity index (χ0n) is 8.75. The van der Waals surface area contributed by atoms with Gasteiger partial charge in [0, 0.05) is 6.42 Å². The molecule has 1 aromatic heterocycles. The van der Waals surface area contributed by atoms with Gasteiger partial charge in [-0.3, -0.25) is 4.79 Å². The third kappa shape index (κ3) is 3.11. The predicted octanol–water partition coefficient (Wildman–Crippen LogP) is 3.61. The van der Waals surface area contributed by atoms with Crippen LogP contribution in [0.4, 0.5) is 0 Å². The second-order valence-electron chi connectivity index (χ2n) is 3.22. The van der Waals surface area contributed by atoms with Crippen molar-refractivity contribution in [2.75, 3.05) is 0 Å². The Morgan fingerprint density at radius 3 is 2.86 bits per heavy atom. The van der Waals surface area contributed by atoms with Crippen molar-refractivity contribution in [2.45, 2.75) is 33.1 Å². The molecule has 1 aromatic rings. The van der Waals surface area contributed by atoms with Crippen LogP contribution in [0.2, 0.25) is 0 Å². The van der Waals surface area contributed by atoms with Gasteiger partial charge in [-0.05, 0) is 47.7 Å². The van der Waals surface area contributed by atoms with E-state index in [0.29, 0.717) is 12.2 Å². The fourth-order valence-corrected chi connectivity index (χ4v) is 2.12. The zero-order valence-corrected chi connectivity index (χ0v) is 9.56. The van der Waals surface area contributed by atoms with Gasteiger partial charge in [0.05, 0.1) is 0 Å². The lowest BCUT2D eigenvalue weighted by Gasteiger charge is -2.01. The van der Waals surface area contributed by atoms with Gasteiger partial charge >= 0.3 is 0 Å². The number of thiophene rings is 1. The standard InChI is InChI=1S/C12H16OS/c1-3-11(4-2)12(13)6-5-10-7-8-14-9-10/h3,7-9H,4-6H2,1-2H3/b11-3-. The molecule has 0 atom stereocenters. The Bertz CT molecular complexity index is 309. The van der Waals surface area contributed by atoms with Crippen molar-refractivity contribution < 1.29 is 4.79 Å². The van der Waals surface area contributed by atoms with Crippen LogP contribution in [0.3, 0.4) is 0 Å². The molecule has 0 aliphatic heterocycles. The van der Waals surface area contributed by atoms with Crippen LogP contribution in [0.25, 0.3) is 0 Å². The van der Waals surface area contributed by atoms with Crippen molar-refractivity contribution in [3.05, 3.63) is 34.0 Å². The SMILES string of the molecule is C/C=C(/CC)C(=O)CCc1ccsc1. The zero-order chi connectivity index (χ0) is 10.4. The molecule has 1 heterocycles. The van der Waals surface area contributed by atoms with Gasteiger partial charge in [0.25, 0.3) is 0 Å². The second-order valence-corrected chi connectivity index (χ2v) is 4.00. The number of carbonyl (C=O) groups is 1. The van der Waals surface area contributed by atoms with Crippen LogP contribution < -0.4 is 0 Å². The van der Waals surface area contributed by atoms with Crippen molar-refractivity contribution in [2.24, 2.45) is 0 Å². The van der Waals surface area contributed by atoms with Crippen LogP contribution in [0.1, 0.15) is 32.3 Å². The van der Waals surface area contributed by atoms with Crippen molar-refractivity contribution >= 4 is 17.1 Å². The summed E-state index contributed by atoms with van der Waals surface area (Å²) in [5.41, 5.74) is 2.23. The average Bonchev–Trinajstić information content (AvgIpc) is 2.69. The molecule has 0 spiro atoms. The van der Waals surface area contributed by atoms with Gasteiger partial charge in [0.1, 0.15) is 0 Å². The van der Waals surface area contributed by atoms with Gasteiger partial charge in [-0.15, -0.1) is 0 Å². The second kappa shape index (κ2) is 5.76. The molecule has 0 aliphatic carbocycles. The molecule has 1 rings (SSSR count). The average molecular weight is 208 g/mol. The molecule has 0 bridgehead atoms. The Morgan fingerprint density at radius 1 is 1.57 bits per heavy atom. The van der Waals surface area contributed by atoms with Gasteiger partial charge in [-0.1, -0.05) is 13.0 Å². The maximum absolute atomic E-state index is 11.6. The molecular formula is C12H16OS. The van der Waals surface area contributed by atoms with E-state index >= 15 is 0 Å². The van der Waals surface area contributed by atoms with Crippen LogP contribution >= 0.6 is 11.3 Å². The van der Waals surface area contributed by atoms with E-state index in [1.165, 1.54) is 5.56 Å². The number of hydrogen-bond acceptors (Lipinski definition) is 2. The monoisotopic (exact) mass is 208 g/mol. The van der Waals surface area contributed by atoms with Crippen LogP contribution in [0.15, 0.2) is 28.5 Å². The van der Waals surface area contributed by atoms with E-state index in [1.807, 2.05) is 19.9 Å². The van der Waals surface area contributed by atoms with Crippen LogP contribution in [-0.4, -0.2) is 5.78 Å². The Labute approximate surface area is 89.5 Å². The molecule has 0 radical (unpaired) electrons. The molecular weight excluding hydrogens is 192 g/mol. The molecule has 0 aliphatic rings. The molecule has 1 nitrogen and oxygen atoms in total. The highest BCUT2D eigenvalue weighted by molar-refractivity contribution is 7.07. The van der Waals surface area contributed by atoms with Crippen molar-refractivity contribution in [3.63, 3.8) is 0 Å². The minimum Gasteiger partial charge on any atom is -0.295 e. The normalized spacial score (nSPS) is 11.7. The first-order valence-corrected chi connectivity index (χ1v) is 5.91. The largest absolute Gasteiger partial charge is 0.295 e. The van der Waals surface area contributed by atoms with E-state index in [1.54, 1.807) is 11.3 Å². The van der Waals surface area contributed by atoms with Crippen molar-refractivity contribution in [1.82, 2.24) is 0 Å². The quantitative estimate of drug-likeness (QED) is 0.676. The van der Waals surface area contributed by atoms with Crippen molar-refractivity contribution in [3.8, 4) is 0 Å². The number of rotatable bonds is 5. The van der Waals surface area contributed by atoms with Crippen molar-refractivity contribution in [1.29, 1.82) is 0 Å². The molecule has 0 amide bonds. The first-order valence-electron chi connectivity index (χ1n) is 4.97. The fraction of sp³-hybridized carbons (Fsp3) is 0.417. The smallest absolute Gasteiger partial charge is 0.158 e. The summed E-state index contributed by atoms with van der Waals surface area (Å²) in [6.45, 7) is 3.96. The van der Waals surface area contributed by atoms with Crippen LogP contribution in [-0.2, 0) is 11.2 Å². The number of hydrogen-bond donors (Lipinski definition) is 0. The molecule has 0 aromatic carbocycles. The number of aryl methyl sites for hydroxylation is 1. The minimum absolute atomic E-state index is 0.293. The van der Waals surface area contributed by atoms with E-state index in [0.717, 1.165) is 18.4 Å². The summed E-state index contributed by atoms with van der Waals surface area (Å²) < 4.78 is 0. The Hall–Kier alpha value is -0.890. The maximum atomic E-state index is 11.6. The number of Topliss-reactive ketones (excluding diaryl/α,β-unsaturated/α-hetero) is 1. The molecule has 76 valence electrons. The predicted molar refractivity (Wildman–Crippen MR) is 61.7 cm³/mol. The minimum atomic E-state index is 0.293. The summed E-state index contributed by atoms with van der Waals surface area (Å²) in [4.78, 5) is 11.6. The molecule has 0 fully saturated rings. The molecule has 0 saturated carbocycles. The van der Waals surface area contributed by atoms with Gasteiger partial charge in [-0.2, -0.15) is 11.3 Å². The number of carbonyl (C=O) groups excluding carboxylic acids is 1. The Morgan fingerprint density at radius 2 is 2.36 bits per heavy atom. The van der Waals surface area contributed by atoms with E-state index < -0.39 is 0 Å². The summed E-state index contributed by atoms with van der Waals surface area (Å²) in [5.74, 6) is 0.293. The van der Waals surface area contributed by atoms with Gasteiger partial charge < -0.3 is 0 Å². The van der Waals surface area contributed by atoms with E-state index in [9.17, 15) is 4.79 Å². The third-order valence-electron chi connectivity index (χ3n) is 2.31. The van der Waals surface area contributed by atoms with Gasteiger partial charge in [-0.25, -0.2) is 0 Å². The lowest BCUT2D eigenvalue weighted by molar-refractivity contribution is -0.115. The topological polar surface area (TPSA) is 17.1 Å². The summed E-state index contributed by atoms with van der Waals surface area (Å²) in [6.07, 6.45) is 4.29.